The smallest absolute Gasteiger partial charge is 0.333 e. The highest BCUT2D eigenvalue weighted by Crippen LogP contribution is 1.93. The summed E-state index contributed by atoms with van der Waals surface area (Å²) in [7, 11) is 0. The summed E-state index contributed by atoms with van der Waals surface area (Å²) < 4.78 is 9.67. The highest BCUT2D eigenvalue weighted by molar-refractivity contribution is 5.81. The van der Waals surface area contributed by atoms with Crippen LogP contribution in [0, 0.1) is 5.92 Å². The molecule has 0 bridgehead atoms. The van der Waals surface area contributed by atoms with Crippen molar-refractivity contribution in [1.29, 1.82) is 0 Å². The highest BCUT2D eigenvalue weighted by Gasteiger charge is 1.98. The molecule has 0 saturated heterocycles. The molecule has 3 heteroatoms. The maximum absolute atomic E-state index is 10.8. The minimum Gasteiger partial charge on any atom is -0.501 e. The standard InChI is InChI=1S/C9H16O3/c1-4-11-6-5-9(10)12-7-8(2)3/h5-6,8H,4,7H2,1-3H3/b6-5+. The number of hydrogen-bond acceptors (Lipinski definition) is 3. The number of carbonyl (C=O) groups is 1. The molecule has 0 atom stereocenters. The first-order chi connectivity index (χ1) is 5.66. The molecule has 0 spiro atoms. The molecular weight excluding hydrogens is 156 g/mol. The molecule has 0 aromatic rings. The van der Waals surface area contributed by atoms with Gasteiger partial charge in [-0.3, -0.25) is 0 Å². The molecule has 0 unspecified atom stereocenters. The summed E-state index contributed by atoms with van der Waals surface area (Å²) >= 11 is 0. The first kappa shape index (κ1) is 11.0. The Labute approximate surface area is 73.4 Å². The molecule has 0 heterocycles. The van der Waals surface area contributed by atoms with Crippen molar-refractivity contribution in [2.24, 2.45) is 5.92 Å². The molecule has 12 heavy (non-hydrogen) atoms. The predicted molar refractivity (Wildman–Crippen MR) is 46.6 cm³/mol. The third kappa shape index (κ3) is 7.12. The topological polar surface area (TPSA) is 35.5 Å². The van der Waals surface area contributed by atoms with Crippen LogP contribution in [0.5, 0.6) is 0 Å². The molecular formula is C9H16O3. The Morgan fingerprint density at radius 1 is 1.50 bits per heavy atom. The quantitative estimate of drug-likeness (QED) is 0.360. The van der Waals surface area contributed by atoms with E-state index in [9.17, 15) is 4.79 Å². The minimum atomic E-state index is -0.350. The summed E-state index contributed by atoms with van der Waals surface area (Å²) in [6.07, 6.45) is 2.63. The fourth-order valence-electron chi connectivity index (χ4n) is 0.497. The van der Waals surface area contributed by atoms with Gasteiger partial charge >= 0.3 is 5.97 Å². The van der Waals surface area contributed by atoms with Gasteiger partial charge in [0.05, 0.1) is 25.6 Å². The largest absolute Gasteiger partial charge is 0.501 e. The lowest BCUT2D eigenvalue weighted by Gasteiger charge is -2.03. The maximum Gasteiger partial charge on any atom is 0.333 e. The molecule has 0 aromatic carbocycles. The molecule has 70 valence electrons. The van der Waals surface area contributed by atoms with E-state index in [1.54, 1.807) is 0 Å². The van der Waals surface area contributed by atoms with E-state index in [2.05, 4.69) is 0 Å². The average molecular weight is 172 g/mol. The van der Waals surface area contributed by atoms with Crippen molar-refractivity contribution < 1.29 is 14.3 Å². The Balaban J connectivity index is 3.46. The van der Waals surface area contributed by atoms with Crippen LogP contribution in [-0.2, 0) is 14.3 Å². The van der Waals surface area contributed by atoms with E-state index in [1.807, 2.05) is 20.8 Å². The van der Waals surface area contributed by atoms with Gasteiger partial charge in [0.15, 0.2) is 0 Å². The van der Waals surface area contributed by atoms with Crippen molar-refractivity contribution in [1.82, 2.24) is 0 Å². The van der Waals surface area contributed by atoms with Crippen molar-refractivity contribution >= 4 is 5.97 Å². The monoisotopic (exact) mass is 172 g/mol. The fraction of sp³-hybridized carbons (Fsp3) is 0.667. The molecule has 0 aliphatic carbocycles. The zero-order valence-corrected chi connectivity index (χ0v) is 7.87. The van der Waals surface area contributed by atoms with E-state index in [0.717, 1.165) is 0 Å². The van der Waals surface area contributed by atoms with Crippen LogP contribution in [0.25, 0.3) is 0 Å². The van der Waals surface area contributed by atoms with Crippen LogP contribution in [0.2, 0.25) is 0 Å². The average Bonchev–Trinajstić information content (AvgIpc) is 2.01. The lowest BCUT2D eigenvalue weighted by atomic mass is 10.2. The molecule has 0 aliphatic heterocycles. The van der Waals surface area contributed by atoms with E-state index in [4.69, 9.17) is 9.47 Å². The summed E-state index contributed by atoms with van der Waals surface area (Å²) in [5.74, 6) is 0.0200. The lowest BCUT2D eigenvalue weighted by molar-refractivity contribution is -0.138. The lowest BCUT2D eigenvalue weighted by Crippen LogP contribution is -2.07. The summed E-state index contributed by atoms with van der Waals surface area (Å²) in [6, 6.07) is 0. The molecule has 0 saturated carbocycles. The molecule has 0 fully saturated rings. The molecule has 0 aromatic heterocycles. The van der Waals surface area contributed by atoms with Gasteiger partial charge in [0, 0.05) is 0 Å². The van der Waals surface area contributed by atoms with Crippen molar-refractivity contribution in [3.63, 3.8) is 0 Å². The zero-order chi connectivity index (χ0) is 9.40. The molecule has 0 aliphatic rings. The van der Waals surface area contributed by atoms with Gasteiger partial charge in [-0.05, 0) is 12.8 Å². The normalized spacial score (nSPS) is 10.7. The van der Waals surface area contributed by atoms with E-state index < -0.39 is 0 Å². The number of esters is 1. The highest BCUT2D eigenvalue weighted by atomic mass is 16.5. The summed E-state index contributed by atoms with van der Waals surface area (Å²) in [4.78, 5) is 10.8. The van der Waals surface area contributed by atoms with Gasteiger partial charge in [-0.2, -0.15) is 0 Å². The van der Waals surface area contributed by atoms with Crippen LogP contribution in [0.4, 0.5) is 0 Å². The van der Waals surface area contributed by atoms with Crippen LogP contribution in [0.1, 0.15) is 20.8 Å². The molecule has 0 amide bonds. The summed E-state index contributed by atoms with van der Waals surface area (Å²) in [5, 5.41) is 0. The van der Waals surface area contributed by atoms with Crippen molar-refractivity contribution in [2.45, 2.75) is 20.8 Å². The van der Waals surface area contributed by atoms with Gasteiger partial charge in [-0.1, -0.05) is 13.8 Å². The Bertz CT molecular complexity index is 150. The van der Waals surface area contributed by atoms with E-state index >= 15 is 0 Å². The third-order valence-electron chi connectivity index (χ3n) is 1.03. The van der Waals surface area contributed by atoms with Gasteiger partial charge in [-0.15, -0.1) is 0 Å². The molecule has 3 nitrogen and oxygen atoms in total. The minimum absolute atomic E-state index is 0.350. The summed E-state index contributed by atoms with van der Waals surface area (Å²) in [6.45, 7) is 6.84. The number of hydrogen-bond donors (Lipinski definition) is 0. The SMILES string of the molecule is CCO/C=C/C(=O)OCC(C)C. The Kier molecular flexibility index (Phi) is 6.15. The van der Waals surface area contributed by atoms with Gasteiger partial charge in [0.25, 0.3) is 0 Å². The first-order valence-electron chi connectivity index (χ1n) is 4.11. The van der Waals surface area contributed by atoms with Crippen molar-refractivity contribution in [2.75, 3.05) is 13.2 Å². The Morgan fingerprint density at radius 2 is 2.17 bits per heavy atom. The second kappa shape index (κ2) is 6.70. The number of rotatable bonds is 5. The molecule has 0 rings (SSSR count). The van der Waals surface area contributed by atoms with Crippen molar-refractivity contribution in [3.8, 4) is 0 Å². The Morgan fingerprint density at radius 3 is 2.67 bits per heavy atom. The second-order valence-corrected chi connectivity index (χ2v) is 2.78. The second-order valence-electron chi connectivity index (χ2n) is 2.78. The fourth-order valence-corrected chi connectivity index (χ4v) is 0.497. The van der Waals surface area contributed by atoms with Gasteiger partial charge < -0.3 is 9.47 Å². The van der Waals surface area contributed by atoms with E-state index in [-0.39, 0.29) is 5.97 Å². The first-order valence-corrected chi connectivity index (χ1v) is 4.11. The number of carbonyl (C=O) groups excluding carboxylic acids is 1. The predicted octanol–water partition coefficient (Wildman–Crippen LogP) is 1.74. The zero-order valence-electron chi connectivity index (χ0n) is 7.87. The van der Waals surface area contributed by atoms with Crippen LogP contribution in [-0.4, -0.2) is 19.2 Å². The Hall–Kier alpha value is -0.990. The van der Waals surface area contributed by atoms with Crippen molar-refractivity contribution in [3.05, 3.63) is 12.3 Å². The molecule has 0 radical (unpaired) electrons. The van der Waals surface area contributed by atoms with Crippen LogP contribution in [0.3, 0.4) is 0 Å². The van der Waals surface area contributed by atoms with Gasteiger partial charge in [0.1, 0.15) is 0 Å². The van der Waals surface area contributed by atoms with Crippen LogP contribution in [0.15, 0.2) is 12.3 Å². The number of ether oxygens (including phenoxy) is 2. The van der Waals surface area contributed by atoms with Crippen LogP contribution >= 0.6 is 0 Å². The van der Waals surface area contributed by atoms with E-state index in [1.165, 1.54) is 12.3 Å². The summed E-state index contributed by atoms with van der Waals surface area (Å²) in [5.41, 5.74) is 0. The van der Waals surface area contributed by atoms with E-state index in [0.29, 0.717) is 19.1 Å². The van der Waals surface area contributed by atoms with Gasteiger partial charge in [-0.25, -0.2) is 4.79 Å². The molecule has 0 N–H and O–H groups in total. The third-order valence-corrected chi connectivity index (χ3v) is 1.03. The van der Waals surface area contributed by atoms with Gasteiger partial charge in [0.2, 0.25) is 0 Å². The maximum atomic E-state index is 10.8. The van der Waals surface area contributed by atoms with Crippen LogP contribution < -0.4 is 0 Å².